The monoisotopic (exact) mass is 371 g/mol. The van der Waals surface area contributed by atoms with Crippen LogP contribution < -0.4 is 4.90 Å². The van der Waals surface area contributed by atoms with Gasteiger partial charge in [-0.1, -0.05) is 52.3 Å². The fourth-order valence-electron chi connectivity index (χ4n) is 3.76. The SMILES string of the molecule is Cc1ccccc1N1C(CCBr)Cc2cccc(C)c2C1C=O. The predicted molar refractivity (Wildman–Crippen MR) is 99.5 cm³/mol. The van der Waals surface area contributed by atoms with Crippen molar-refractivity contribution >= 4 is 27.9 Å². The van der Waals surface area contributed by atoms with Crippen LogP contribution in [0.1, 0.15) is 34.7 Å². The first-order chi connectivity index (χ1) is 11.2. The maximum atomic E-state index is 12.1. The van der Waals surface area contributed by atoms with Crippen LogP contribution in [0.25, 0.3) is 0 Å². The highest BCUT2D eigenvalue weighted by molar-refractivity contribution is 9.09. The van der Waals surface area contributed by atoms with Crippen LogP contribution >= 0.6 is 15.9 Å². The van der Waals surface area contributed by atoms with Crippen molar-refractivity contribution in [2.45, 2.75) is 38.8 Å². The highest BCUT2D eigenvalue weighted by atomic mass is 79.9. The van der Waals surface area contributed by atoms with Gasteiger partial charge in [-0.15, -0.1) is 0 Å². The van der Waals surface area contributed by atoms with Crippen LogP contribution in [-0.4, -0.2) is 17.7 Å². The fourth-order valence-corrected chi connectivity index (χ4v) is 4.29. The number of fused-ring (bicyclic) bond motifs is 1. The zero-order valence-electron chi connectivity index (χ0n) is 13.6. The number of carbonyl (C=O) groups is 1. The molecule has 0 aliphatic carbocycles. The summed E-state index contributed by atoms with van der Waals surface area (Å²) in [4.78, 5) is 14.4. The van der Waals surface area contributed by atoms with Crippen LogP contribution in [-0.2, 0) is 11.2 Å². The summed E-state index contributed by atoms with van der Waals surface area (Å²) in [5.74, 6) is 0. The van der Waals surface area contributed by atoms with Gasteiger partial charge in [0.05, 0.1) is 0 Å². The molecular formula is C20H22BrNO. The highest BCUT2D eigenvalue weighted by Gasteiger charge is 2.35. The molecule has 2 unspecified atom stereocenters. The first-order valence-corrected chi connectivity index (χ1v) is 9.23. The smallest absolute Gasteiger partial charge is 0.147 e. The second-order valence-electron chi connectivity index (χ2n) is 6.26. The lowest BCUT2D eigenvalue weighted by Crippen LogP contribution is -2.45. The summed E-state index contributed by atoms with van der Waals surface area (Å²) >= 11 is 3.58. The number of aldehydes is 1. The van der Waals surface area contributed by atoms with E-state index < -0.39 is 0 Å². The Morgan fingerprint density at radius 2 is 1.87 bits per heavy atom. The largest absolute Gasteiger partial charge is 0.354 e. The lowest BCUT2D eigenvalue weighted by Gasteiger charge is -2.44. The zero-order valence-corrected chi connectivity index (χ0v) is 15.2. The molecule has 0 fully saturated rings. The standard InChI is InChI=1S/C20H22BrNO/c1-14-6-3-4-9-18(14)22-17(10-11-21)12-16-8-5-7-15(2)20(16)19(22)13-23/h3-9,13,17,19H,10-12H2,1-2H3. The quantitative estimate of drug-likeness (QED) is 0.570. The second-order valence-corrected chi connectivity index (χ2v) is 7.05. The highest BCUT2D eigenvalue weighted by Crippen LogP contribution is 2.39. The molecule has 3 heteroatoms. The van der Waals surface area contributed by atoms with E-state index in [9.17, 15) is 4.79 Å². The molecule has 1 aliphatic heterocycles. The molecule has 0 aromatic heterocycles. The third-order valence-corrected chi connectivity index (χ3v) is 5.28. The van der Waals surface area contributed by atoms with Gasteiger partial charge in [0.2, 0.25) is 0 Å². The summed E-state index contributed by atoms with van der Waals surface area (Å²) in [6.45, 7) is 4.23. The lowest BCUT2D eigenvalue weighted by atomic mass is 9.84. The van der Waals surface area contributed by atoms with Crippen molar-refractivity contribution in [2.75, 3.05) is 10.2 Å². The first-order valence-electron chi connectivity index (χ1n) is 8.11. The lowest BCUT2D eigenvalue weighted by molar-refractivity contribution is -0.109. The van der Waals surface area contributed by atoms with E-state index in [-0.39, 0.29) is 6.04 Å². The van der Waals surface area contributed by atoms with E-state index in [4.69, 9.17) is 0 Å². The van der Waals surface area contributed by atoms with Crippen LogP contribution in [0.3, 0.4) is 0 Å². The van der Waals surface area contributed by atoms with Gasteiger partial charge < -0.3 is 9.69 Å². The Kier molecular flexibility index (Phi) is 4.86. The van der Waals surface area contributed by atoms with Gasteiger partial charge in [0.15, 0.2) is 0 Å². The Labute approximate surface area is 146 Å². The third-order valence-electron chi connectivity index (χ3n) is 4.82. The van der Waals surface area contributed by atoms with Crippen LogP contribution in [0, 0.1) is 13.8 Å². The first kappa shape index (κ1) is 16.3. The van der Waals surface area contributed by atoms with E-state index in [1.54, 1.807) is 0 Å². The van der Waals surface area contributed by atoms with Crippen LogP contribution in [0.5, 0.6) is 0 Å². The van der Waals surface area contributed by atoms with Gasteiger partial charge in [0.25, 0.3) is 0 Å². The molecule has 0 bridgehead atoms. The summed E-state index contributed by atoms with van der Waals surface area (Å²) in [7, 11) is 0. The molecule has 0 N–H and O–H groups in total. The van der Waals surface area contributed by atoms with Crippen molar-refractivity contribution in [2.24, 2.45) is 0 Å². The molecule has 2 aromatic rings. The molecule has 2 nitrogen and oxygen atoms in total. The van der Waals surface area contributed by atoms with Crippen molar-refractivity contribution in [1.29, 1.82) is 0 Å². The normalized spacial score (nSPS) is 20.2. The number of hydrogen-bond acceptors (Lipinski definition) is 2. The molecule has 0 amide bonds. The molecule has 1 aliphatic rings. The number of hydrogen-bond donors (Lipinski definition) is 0. The maximum absolute atomic E-state index is 12.1. The van der Waals surface area contributed by atoms with E-state index in [1.165, 1.54) is 27.9 Å². The number of nitrogens with zero attached hydrogens (tertiary/aromatic N) is 1. The summed E-state index contributed by atoms with van der Waals surface area (Å²) in [6.07, 6.45) is 3.12. The average Bonchev–Trinajstić information content (AvgIpc) is 2.55. The number of aryl methyl sites for hydroxylation is 2. The number of anilines is 1. The summed E-state index contributed by atoms with van der Waals surface area (Å²) in [5.41, 5.74) is 6.10. The topological polar surface area (TPSA) is 20.3 Å². The van der Waals surface area contributed by atoms with Gasteiger partial charge in [-0.3, -0.25) is 0 Å². The molecular weight excluding hydrogens is 350 g/mol. The second kappa shape index (κ2) is 6.88. The van der Waals surface area contributed by atoms with E-state index in [2.05, 4.69) is 77.1 Å². The number of benzene rings is 2. The predicted octanol–water partition coefficient (Wildman–Crippen LogP) is 4.76. The van der Waals surface area contributed by atoms with Gasteiger partial charge >= 0.3 is 0 Å². The molecule has 0 saturated carbocycles. The Bertz CT molecular complexity index is 713. The molecule has 0 radical (unpaired) electrons. The third kappa shape index (κ3) is 2.94. The average molecular weight is 372 g/mol. The van der Waals surface area contributed by atoms with E-state index in [1.807, 2.05) is 0 Å². The van der Waals surface area contributed by atoms with Gasteiger partial charge in [-0.2, -0.15) is 0 Å². The number of carbonyl (C=O) groups excluding carboxylic acids is 1. The van der Waals surface area contributed by atoms with Crippen molar-refractivity contribution in [3.63, 3.8) is 0 Å². The number of rotatable bonds is 4. The minimum atomic E-state index is -0.204. The fraction of sp³-hybridized carbons (Fsp3) is 0.350. The van der Waals surface area contributed by atoms with Gasteiger partial charge in [0.1, 0.15) is 12.3 Å². The molecule has 2 atom stereocenters. The molecule has 23 heavy (non-hydrogen) atoms. The molecule has 0 saturated heterocycles. The van der Waals surface area contributed by atoms with E-state index >= 15 is 0 Å². The van der Waals surface area contributed by atoms with Crippen molar-refractivity contribution in [3.8, 4) is 0 Å². The number of alkyl halides is 1. The Balaban J connectivity index is 2.16. The zero-order chi connectivity index (χ0) is 16.4. The van der Waals surface area contributed by atoms with Gasteiger partial charge in [-0.05, 0) is 55.0 Å². The molecule has 3 rings (SSSR count). The molecule has 1 heterocycles. The van der Waals surface area contributed by atoms with Gasteiger partial charge in [-0.25, -0.2) is 0 Å². The number of para-hydroxylation sites is 1. The van der Waals surface area contributed by atoms with E-state index in [0.29, 0.717) is 6.04 Å². The van der Waals surface area contributed by atoms with Crippen LogP contribution in [0.2, 0.25) is 0 Å². The van der Waals surface area contributed by atoms with Crippen LogP contribution in [0.4, 0.5) is 5.69 Å². The molecule has 2 aromatic carbocycles. The summed E-state index contributed by atoms with van der Waals surface area (Å²) in [5, 5.41) is 0.937. The van der Waals surface area contributed by atoms with Gasteiger partial charge in [0, 0.05) is 17.1 Å². The Morgan fingerprint density at radius 1 is 1.13 bits per heavy atom. The van der Waals surface area contributed by atoms with Crippen molar-refractivity contribution in [3.05, 3.63) is 64.7 Å². The minimum absolute atomic E-state index is 0.204. The van der Waals surface area contributed by atoms with Crippen LogP contribution in [0.15, 0.2) is 42.5 Å². The van der Waals surface area contributed by atoms with E-state index in [0.717, 1.165) is 24.5 Å². The van der Waals surface area contributed by atoms with Crippen molar-refractivity contribution in [1.82, 2.24) is 0 Å². The molecule has 0 spiro atoms. The Hall–Kier alpha value is -1.61. The summed E-state index contributed by atoms with van der Waals surface area (Å²) < 4.78 is 0. The Morgan fingerprint density at radius 3 is 2.57 bits per heavy atom. The maximum Gasteiger partial charge on any atom is 0.147 e. The van der Waals surface area contributed by atoms with Crippen molar-refractivity contribution < 1.29 is 4.79 Å². The minimum Gasteiger partial charge on any atom is -0.354 e. The summed E-state index contributed by atoms with van der Waals surface area (Å²) in [6, 6.07) is 14.9. The number of halogens is 1. The molecule has 120 valence electrons.